The van der Waals surface area contributed by atoms with Gasteiger partial charge in [-0.05, 0) is 66.8 Å². The van der Waals surface area contributed by atoms with Gasteiger partial charge < -0.3 is 0 Å². The number of nitrogens with zero attached hydrogens (tertiary/aromatic N) is 2. The van der Waals surface area contributed by atoms with E-state index in [2.05, 4.69) is 107 Å². The first-order valence-corrected chi connectivity index (χ1v) is 11.1. The van der Waals surface area contributed by atoms with Crippen LogP contribution in [0.15, 0.2) is 60.7 Å². The average Bonchev–Trinajstić information content (AvgIpc) is 3.04. The molecule has 0 N–H and O–H groups in total. The van der Waals surface area contributed by atoms with Crippen LogP contribution in [0.4, 0.5) is 0 Å². The van der Waals surface area contributed by atoms with Gasteiger partial charge in [-0.3, -0.25) is 4.40 Å². The van der Waals surface area contributed by atoms with Crippen molar-refractivity contribution in [2.45, 2.75) is 48.0 Å². The molecular weight excluding hydrogens is 376 g/mol. The lowest BCUT2D eigenvalue weighted by atomic mass is 9.87. The summed E-state index contributed by atoms with van der Waals surface area (Å²) in [4.78, 5) is 5.09. The van der Waals surface area contributed by atoms with E-state index in [9.17, 15) is 0 Å². The second-order valence-corrected chi connectivity index (χ2v) is 10.1. The molecular formula is C29H30N2. The Morgan fingerprint density at radius 1 is 0.774 bits per heavy atom. The highest BCUT2D eigenvalue weighted by atomic mass is 15.0. The molecule has 0 atom stereocenters. The smallest absolute Gasteiger partial charge is 0.145 e. The number of benzene rings is 3. The number of hydrogen-bond donors (Lipinski definition) is 0. The van der Waals surface area contributed by atoms with Crippen molar-refractivity contribution in [2.75, 3.05) is 0 Å². The second kappa shape index (κ2) is 6.95. The van der Waals surface area contributed by atoms with Crippen molar-refractivity contribution in [3.63, 3.8) is 0 Å². The van der Waals surface area contributed by atoms with Crippen molar-refractivity contribution < 1.29 is 0 Å². The van der Waals surface area contributed by atoms with Crippen LogP contribution in [0, 0.1) is 26.2 Å². The molecule has 0 unspecified atom stereocenters. The predicted molar refractivity (Wildman–Crippen MR) is 133 cm³/mol. The zero-order chi connectivity index (χ0) is 21.9. The van der Waals surface area contributed by atoms with Gasteiger partial charge in [-0.25, -0.2) is 4.98 Å². The van der Waals surface area contributed by atoms with E-state index in [4.69, 9.17) is 4.98 Å². The van der Waals surface area contributed by atoms with Gasteiger partial charge >= 0.3 is 0 Å². The van der Waals surface area contributed by atoms with Crippen molar-refractivity contribution >= 4 is 27.3 Å². The Morgan fingerprint density at radius 2 is 1.45 bits per heavy atom. The molecule has 2 heterocycles. The number of hydrogen-bond acceptors (Lipinski definition) is 1. The highest BCUT2D eigenvalue weighted by molar-refractivity contribution is 6.12. The van der Waals surface area contributed by atoms with E-state index in [0.717, 1.165) is 17.8 Å². The molecule has 3 aromatic carbocycles. The molecule has 5 aromatic rings. The Balaban J connectivity index is 1.96. The molecule has 0 saturated carbocycles. The lowest BCUT2D eigenvalue weighted by molar-refractivity contribution is 0.411. The van der Waals surface area contributed by atoms with Gasteiger partial charge in [0.25, 0.3) is 0 Å². The van der Waals surface area contributed by atoms with Crippen LogP contribution in [0.5, 0.6) is 0 Å². The molecule has 2 aromatic heterocycles. The maximum atomic E-state index is 5.09. The second-order valence-electron chi connectivity index (χ2n) is 10.1. The molecule has 0 radical (unpaired) electrons. The van der Waals surface area contributed by atoms with E-state index in [-0.39, 0.29) is 5.41 Å². The maximum Gasteiger partial charge on any atom is 0.145 e. The number of fused-ring (bicyclic) bond motifs is 6. The van der Waals surface area contributed by atoms with Crippen molar-refractivity contribution in [3.05, 3.63) is 83.0 Å². The van der Waals surface area contributed by atoms with Crippen LogP contribution in [0.25, 0.3) is 38.6 Å². The van der Waals surface area contributed by atoms with Crippen molar-refractivity contribution in [1.29, 1.82) is 0 Å². The Bertz CT molecular complexity index is 1440. The molecule has 5 rings (SSSR count). The lowest BCUT2D eigenvalue weighted by Crippen LogP contribution is -2.09. The van der Waals surface area contributed by atoms with Crippen LogP contribution in [-0.2, 0) is 6.42 Å². The van der Waals surface area contributed by atoms with Crippen LogP contribution in [0.3, 0.4) is 0 Å². The molecule has 0 aliphatic rings. The first kappa shape index (κ1) is 19.8. The van der Waals surface area contributed by atoms with E-state index in [1.165, 1.54) is 49.6 Å². The third kappa shape index (κ3) is 3.22. The molecule has 0 aliphatic carbocycles. The minimum absolute atomic E-state index is 0.253. The van der Waals surface area contributed by atoms with Gasteiger partial charge in [0, 0.05) is 16.3 Å². The fourth-order valence-corrected chi connectivity index (χ4v) is 5.05. The normalized spacial score (nSPS) is 12.3. The summed E-state index contributed by atoms with van der Waals surface area (Å²) in [5, 5.41) is 3.79. The van der Waals surface area contributed by atoms with E-state index in [0.29, 0.717) is 0 Å². The molecule has 0 fully saturated rings. The molecule has 0 bridgehead atoms. The van der Waals surface area contributed by atoms with Crippen molar-refractivity contribution in [1.82, 2.24) is 9.38 Å². The summed E-state index contributed by atoms with van der Waals surface area (Å²) in [6, 6.07) is 22.2. The summed E-state index contributed by atoms with van der Waals surface area (Å²) in [5.41, 5.74) is 10.1. The monoisotopic (exact) mass is 406 g/mol. The van der Waals surface area contributed by atoms with Gasteiger partial charge in [0.15, 0.2) is 0 Å². The summed E-state index contributed by atoms with van der Waals surface area (Å²) in [6.07, 6.45) is 1.06. The van der Waals surface area contributed by atoms with Crippen LogP contribution in [0.1, 0.15) is 43.2 Å². The fraction of sp³-hybridized carbons (Fsp3) is 0.276. The summed E-state index contributed by atoms with van der Waals surface area (Å²) in [7, 11) is 0. The quantitative estimate of drug-likeness (QED) is 0.273. The Labute approximate surface area is 184 Å². The van der Waals surface area contributed by atoms with Gasteiger partial charge in [0.1, 0.15) is 5.65 Å². The zero-order valence-electron chi connectivity index (χ0n) is 19.4. The number of aryl methyl sites for hydroxylation is 3. The third-order valence-corrected chi connectivity index (χ3v) is 6.26. The molecule has 0 spiro atoms. The average molecular weight is 407 g/mol. The Morgan fingerprint density at radius 3 is 2.13 bits per heavy atom. The van der Waals surface area contributed by atoms with Gasteiger partial charge in [0.05, 0.1) is 16.9 Å². The van der Waals surface area contributed by atoms with Gasteiger partial charge in [-0.15, -0.1) is 0 Å². The molecule has 156 valence electrons. The number of rotatable bonds is 2. The van der Waals surface area contributed by atoms with Crippen LogP contribution < -0.4 is 0 Å². The van der Waals surface area contributed by atoms with E-state index in [1.807, 2.05) is 0 Å². The Hall–Kier alpha value is -3.13. The summed E-state index contributed by atoms with van der Waals surface area (Å²) in [6.45, 7) is 13.4. The van der Waals surface area contributed by atoms with Gasteiger partial charge in [0.2, 0.25) is 0 Å². The fourth-order valence-electron chi connectivity index (χ4n) is 5.05. The first-order valence-electron chi connectivity index (χ1n) is 11.1. The molecule has 0 saturated heterocycles. The minimum atomic E-state index is 0.253. The third-order valence-electron chi connectivity index (χ3n) is 6.26. The number of imidazole rings is 1. The summed E-state index contributed by atoms with van der Waals surface area (Å²) in [5.74, 6) is 0. The summed E-state index contributed by atoms with van der Waals surface area (Å²) < 4.78 is 2.39. The maximum absolute atomic E-state index is 5.09. The van der Waals surface area contributed by atoms with E-state index in [1.54, 1.807) is 0 Å². The number of aromatic nitrogens is 2. The molecule has 0 amide bonds. The largest absolute Gasteiger partial charge is 0.291 e. The Kier molecular flexibility index (Phi) is 4.44. The van der Waals surface area contributed by atoms with Crippen molar-refractivity contribution in [2.24, 2.45) is 5.41 Å². The van der Waals surface area contributed by atoms with Gasteiger partial charge in [-0.2, -0.15) is 0 Å². The standard InChI is InChI=1S/C29H30N2/c1-18-10-9-11-19(2)26(18)27-20(3)30-28-23-13-8-7-12-22(23)24-16-21(17-29(4,5)6)14-15-25(24)31(27)28/h7-16H,17H2,1-6H3. The molecule has 2 nitrogen and oxygen atoms in total. The van der Waals surface area contributed by atoms with E-state index < -0.39 is 0 Å². The topological polar surface area (TPSA) is 17.3 Å². The SMILES string of the molecule is Cc1cccc(C)c1-c1c(C)nc2c3ccccc3c3cc(CC(C)(C)C)ccc3n12. The van der Waals surface area contributed by atoms with Crippen LogP contribution in [-0.4, -0.2) is 9.38 Å². The summed E-state index contributed by atoms with van der Waals surface area (Å²) >= 11 is 0. The minimum Gasteiger partial charge on any atom is -0.291 e. The number of pyridine rings is 1. The molecule has 0 aliphatic heterocycles. The van der Waals surface area contributed by atoms with Crippen LogP contribution >= 0.6 is 0 Å². The molecule has 31 heavy (non-hydrogen) atoms. The predicted octanol–water partition coefficient (Wildman–Crippen LogP) is 7.82. The van der Waals surface area contributed by atoms with E-state index >= 15 is 0 Å². The highest BCUT2D eigenvalue weighted by Gasteiger charge is 2.20. The van der Waals surface area contributed by atoms with Crippen molar-refractivity contribution in [3.8, 4) is 11.3 Å². The van der Waals surface area contributed by atoms with Gasteiger partial charge in [-0.1, -0.05) is 69.3 Å². The van der Waals surface area contributed by atoms with Crippen LogP contribution in [0.2, 0.25) is 0 Å². The highest BCUT2D eigenvalue weighted by Crippen LogP contribution is 2.37. The zero-order valence-corrected chi connectivity index (χ0v) is 19.4. The lowest BCUT2D eigenvalue weighted by Gasteiger charge is -2.19. The first-order chi connectivity index (χ1) is 14.7. The molecule has 2 heteroatoms.